The first-order valence-electron chi connectivity index (χ1n) is 7.89. The Morgan fingerprint density at radius 2 is 1.80 bits per heavy atom. The molecule has 0 aliphatic rings. The molecule has 2 N–H and O–H groups in total. The molecule has 0 saturated carbocycles. The molecule has 0 aliphatic heterocycles. The third-order valence-electron chi connectivity index (χ3n) is 3.35. The average molecular weight is 339 g/mol. The number of benzene rings is 2. The lowest BCUT2D eigenvalue weighted by Crippen LogP contribution is -2.37. The van der Waals surface area contributed by atoms with E-state index in [-0.39, 0.29) is 19.1 Å². The van der Waals surface area contributed by atoms with Gasteiger partial charge in [-0.2, -0.15) is 5.10 Å². The number of nitrogens with zero attached hydrogens (tertiary/aromatic N) is 1. The van der Waals surface area contributed by atoms with Gasteiger partial charge in [-0.15, -0.1) is 0 Å². The van der Waals surface area contributed by atoms with E-state index < -0.39 is 5.91 Å². The van der Waals surface area contributed by atoms with E-state index in [1.165, 1.54) is 0 Å². The molecule has 0 unspecified atom stereocenters. The fraction of sp³-hybridized carbons (Fsp3) is 0.211. The van der Waals surface area contributed by atoms with Gasteiger partial charge >= 0.3 is 0 Å². The molecule has 2 aromatic rings. The summed E-state index contributed by atoms with van der Waals surface area (Å²) < 4.78 is 5.37. The maximum Gasteiger partial charge on any atom is 0.259 e. The van der Waals surface area contributed by atoms with Gasteiger partial charge in [-0.05, 0) is 37.1 Å². The van der Waals surface area contributed by atoms with Gasteiger partial charge in [-0.25, -0.2) is 5.43 Å². The topological polar surface area (TPSA) is 79.8 Å². The standard InChI is InChI=1S/C19H21N3O3/c1-14-7-6-10-17(11-14)25-13-19(24)20-12-18(23)22-21-15(2)16-8-4-3-5-9-16/h3-11H,12-13H2,1-2H3,(H,20,24)(H,22,23)/b21-15-. The number of hydrogen-bond acceptors (Lipinski definition) is 4. The zero-order valence-corrected chi connectivity index (χ0v) is 14.3. The zero-order chi connectivity index (χ0) is 18.1. The molecule has 2 aromatic carbocycles. The molecule has 0 atom stereocenters. The average Bonchev–Trinajstić information content (AvgIpc) is 2.63. The number of hydrogen-bond donors (Lipinski definition) is 2. The van der Waals surface area contributed by atoms with E-state index in [2.05, 4.69) is 15.8 Å². The molecule has 0 aromatic heterocycles. The normalized spacial score (nSPS) is 10.9. The summed E-state index contributed by atoms with van der Waals surface area (Å²) in [7, 11) is 0. The summed E-state index contributed by atoms with van der Waals surface area (Å²) in [6.07, 6.45) is 0. The second kappa shape index (κ2) is 9.22. The van der Waals surface area contributed by atoms with Crippen LogP contribution in [0.3, 0.4) is 0 Å². The van der Waals surface area contributed by atoms with Crippen molar-refractivity contribution in [3.8, 4) is 5.75 Å². The van der Waals surface area contributed by atoms with Crippen LogP contribution in [0.2, 0.25) is 0 Å². The van der Waals surface area contributed by atoms with Crippen LogP contribution in [0.25, 0.3) is 0 Å². The molecule has 0 bridgehead atoms. The molecule has 0 saturated heterocycles. The number of nitrogens with one attached hydrogen (secondary N) is 2. The van der Waals surface area contributed by atoms with Crippen molar-refractivity contribution < 1.29 is 14.3 Å². The Morgan fingerprint density at radius 1 is 1.04 bits per heavy atom. The second-order valence-electron chi connectivity index (χ2n) is 5.48. The van der Waals surface area contributed by atoms with Gasteiger partial charge < -0.3 is 10.1 Å². The highest BCUT2D eigenvalue weighted by atomic mass is 16.5. The zero-order valence-electron chi connectivity index (χ0n) is 14.3. The van der Waals surface area contributed by atoms with E-state index in [1.54, 1.807) is 13.0 Å². The van der Waals surface area contributed by atoms with Gasteiger partial charge in [0, 0.05) is 0 Å². The Hall–Kier alpha value is -3.15. The van der Waals surface area contributed by atoms with Gasteiger partial charge in [0.25, 0.3) is 11.8 Å². The Labute approximate surface area is 146 Å². The Balaban J connectivity index is 1.71. The van der Waals surface area contributed by atoms with Crippen molar-refractivity contribution in [2.45, 2.75) is 13.8 Å². The van der Waals surface area contributed by atoms with Gasteiger partial charge in [-0.1, -0.05) is 42.5 Å². The lowest BCUT2D eigenvalue weighted by Gasteiger charge is -2.07. The fourth-order valence-corrected chi connectivity index (χ4v) is 2.01. The van der Waals surface area contributed by atoms with Crippen molar-refractivity contribution >= 4 is 17.5 Å². The molecule has 0 fully saturated rings. The summed E-state index contributed by atoms with van der Waals surface area (Å²) in [4.78, 5) is 23.4. The highest BCUT2D eigenvalue weighted by Crippen LogP contribution is 2.11. The van der Waals surface area contributed by atoms with E-state index in [9.17, 15) is 9.59 Å². The molecule has 2 amide bonds. The smallest absolute Gasteiger partial charge is 0.259 e. The van der Waals surface area contributed by atoms with Crippen LogP contribution in [0.5, 0.6) is 5.75 Å². The van der Waals surface area contributed by atoms with Crippen LogP contribution in [0.1, 0.15) is 18.1 Å². The number of aryl methyl sites for hydroxylation is 1. The summed E-state index contributed by atoms with van der Waals surface area (Å²) in [5.41, 5.74) is 5.05. The minimum atomic E-state index is -0.404. The third kappa shape index (κ3) is 6.47. The van der Waals surface area contributed by atoms with Crippen LogP contribution in [-0.2, 0) is 9.59 Å². The fourth-order valence-electron chi connectivity index (χ4n) is 2.01. The van der Waals surface area contributed by atoms with Gasteiger partial charge in [-0.3, -0.25) is 9.59 Å². The molecule has 0 heterocycles. The first-order valence-corrected chi connectivity index (χ1v) is 7.89. The number of hydrazone groups is 1. The highest BCUT2D eigenvalue weighted by molar-refractivity contribution is 5.99. The minimum Gasteiger partial charge on any atom is -0.484 e. The first kappa shape index (κ1) is 18.2. The molecule has 25 heavy (non-hydrogen) atoms. The number of ether oxygens (including phenoxy) is 1. The monoisotopic (exact) mass is 339 g/mol. The lowest BCUT2D eigenvalue weighted by molar-refractivity contribution is -0.127. The molecule has 0 radical (unpaired) electrons. The van der Waals surface area contributed by atoms with Crippen LogP contribution in [0, 0.1) is 6.92 Å². The number of carbonyl (C=O) groups excluding carboxylic acids is 2. The predicted molar refractivity (Wildman–Crippen MR) is 96.5 cm³/mol. The van der Waals surface area contributed by atoms with Gasteiger partial charge in [0.15, 0.2) is 6.61 Å². The van der Waals surface area contributed by atoms with E-state index in [1.807, 2.05) is 55.5 Å². The molecule has 6 nitrogen and oxygen atoms in total. The third-order valence-corrected chi connectivity index (χ3v) is 3.35. The van der Waals surface area contributed by atoms with Crippen LogP contribution >= 0.6 is 0 Å². The molecular formula is C19H21N3O3. The van der Waals surface area contributed by atoms with E-state index in [4.69, 9.17) is 4.74 Å². The maximum atomic E-state index is 11.7. The molecular weight excluding hydrogens is 318 g/mol. The lowest BCUT2D eigenvalue weighted by atomic mass is 10.1. The summed E-state index contributed by atoms with van der Waals surface area (Å²) >= 11 is 0. The van der Waals surface area contributed by atoms with Crippen molar-refractivity contribution in [1.82, 2.24) is 10.7 Å². The number of rotatable bonds is 7. The molecule has 0 aliphatic carbocycles. The SMILES string of the molecule is C/C(=N/NC(=O)CNC(=O)COc1cccc(C)c1)c1ccccc1. The molecule has 130 valence electrons. The van der Waals surface area contributed by atoms with Crippen LogP contribution in [0.4, 0.5) is 0 Å². The quantitative estimate of drug-likeness (QED) is 0.598. The van der Waals surface area contributed by atoms with Crippen molar-refractivity contribution in [2.24, 2.45) is 5.10 Å². The van der Waals surface area contributed by atoms with Crippen molar-refractivity contribution in [1.29, 1.82) is 0 Å². The highest BCUT2D eigenvalue weighted by Gasteiger charge is 2.06. The Kier molecular flexibility index (Phi) is 6.71. The largest absolute Gasteiger partial charge is 0.484 e. The van der Waals surface area contributed by atoms with Gasteiger partial charge in [0.2, 0.25) is 0 Å². The number of carbonyl (C=O) groups is 2. The van der Waals surface area contributed by atoms with E-state index >= 15 is 0 Å². The Bertz CT molecular complexity index is 758. The van der Waals surface area contributed by atoms with Crippen LogP contribution in [-0.4, -0.2) is 30.7 Å². The first-order chi connectivity index (χ1) is 12.0. The summed E-state index contributed by atoms with van der Waals surface area (Å²) in [5, 5.41) is 6.50. The number of amides is 2. The minimum absolute atomic E-state index is 0.150. The second-order valence-corrected chi connectivity index (χ2v) is 5.48. The van der Waals surface area contributed by atoms with Crippen LogP contribution < -0.4 is 15.5 Å². The van der Waals surface area contributed by atoms with Crippen molar-refractivity contribution in [3.63, 3.8) is 0 Å². The predicted octanol–water partition coefficient (Wildman–Crippen LogP) is 2.03. The maximum absolute atomic E-state index is 11.7. The Morgan fingerprint density at radius 3 is 2.52 bits per heavy atom. The molecule has 2 rings (SSSR count). The van der Waals surface area contributed by atoms with Gasteiger partial charge in [0.05, 0.1) is 12.3 Å². The molecule has 0 spiro atoms. The van der Waals surface area contributed by atoms with Crippen molar-refractivity contribution in [3.05, 3.63) is 65.7 Å². The van der Waals surface area contributed by atoms with Crippen LogP contribution in [0.15, 0.2) is 59.7 Å². The summed E-state index contributed by atoms with van der Waals surface area (Å²) in [6.45, 7) is 3.42. The van der Waals surface area contributed by atoms with E-state index in [0.717, 1.165) is 11.1 Å². The molecule has 6 heteroatoms. The van der Waals surface area contributed by atoms with Crippen molar-refractivity contribution in [2.75, 3.05) is 13.2 Å². The summed E-state index contributed by atoms with van der Waals surface area (Å²) in [6, 6.07) is 16.9. The van der Waals surface area contributed by atoms with Gasteiger partial charge in [0.1, 0.15) is 5.75 Å². The van der Waals surface area contributed by atoms with E-state index in [0.29, 0.717) is 11.5 Å². The summed E-state index contributed by atoms with van der Waals surface area (Å²) in [5.74, 6) is -0.165.